The third-order valence-electron chi connectivity index (χ3n) is 9.86. The molecule has 47 heavy (non-hydrogen) atoms. The number of carbonyl (C=O) groups excluding carboxylic acids is 4. The van der Waals surface area contributed by atoms with Crippen molar-refractivity contribution in [1.82, 2.24) is 30.5 Å². The molecule has 3 aliphatic rings. The number of ether oxygens (including phenoxy) is 2. The first kappa shape index (κ1) is 36.6. The Bertz CT molecular complexity index is 1260. The number of esters is 1. The summed E-state index contributed by atoms with van der Waals surface area (Å²) in [6.45, 7) is 8.86. The molecule has 264 valence electrons. The van der Waals surface area contributed by atoms with Crippen molar-refractivity contribution < 1.29 is 38.9 Å². The van der Waals surface area contributed by atoms with Crippen molar-refractivity contribution >= 4 is 23.9 Å². The number of hydrogen-bond donors (Lipinski definition) is 4. The van der Waals surface area contributed by atoms with Crippen molar-refractivity contribution in [3.05, 3.63) is 11.9 Å². The number of likely N-dealkylation sites (tertiary alicyclic amines) is 1. The molecule has 4 N–H and O–H groups in total. The van der Waals surface area contributed by atoms with Crippen molar-refractivity contribution in [2.45, 2.75) is 153 Å². The van der Waals surface area contributed by atoms with Crippen molar-refractivity contribution in [2.75, 3.05) is 13.7 Å². The molecule has 2 heterocycles. The zero-order valence-corrected chi connectivity index (χ0v) is 28.8. The minimum atomic E-state index is -1.55. The standard InChI is InChI=1S/C33H54N6O8/c1-31(2,3)47-30(44)35-23-13-9-8-12-21(23)14-15-26(40)38-20-22(39-25(19-34-37-39)32(4,5)45)18-24(38)28(42)36-33(16-10-7-11-17-33)27(41)29(43)46-6/h19,21-24,27,41,45H,7-18,20H2,1-6H3,(H,35,44)(H,36,42)/t21?,22-,23?,24-,27?/m0/s1. The SMILES string of the molecule is COC(=O)C(O)C1(NC(=O)[C@@H]2C[C@H](n3nncc3C(C)(C)O)CN2C(=O)CCC2CCCCC2NC(=O)OC(C)(C)C)CCCCC1. The Balaban J connectivity index is 1.54. The molecule has 3 fully saturated rings. The van der Waals surface area contributed by atoms with Gasteiger partial charge in [-0.15, -0.1) is 5.10 Å². The number of nitrogens with one attached hydrogen (secondary N) is 2. The molecule has 14 heteroatoms. The fraction of sp³-hybridized carbons (Fsp3) is 0.818. The topological polar surface area (TPSA) is 185 Å². The minimum absolute atomic E-state index is 0.0729. The molecule has 0 radical (unpaired) electrons. The number of hydrogen-bond acceptors (Lipinski definition) is 10. The van der Waals surface area contributed by atoms with Crippen LogP contribution in [-0.4, -0.2) is 97.0 Å². The van der Waals surface area contributed by atoms with E-state index in [9.17, 15) is 29.4 Å². The maximum atomic E-state index is 14.1. The molecule has 0 aromatic carbocycles. The van der Waals surface area contributed by atoms with Gasteiger partial charge in [0.15, 0.2) is 6.10 Å². The van der Waals surface area contributed by atoms with Gasteiger partial charge in [-0.3, -0.25) is 9.59 Å². The van der Waals surface area contributed by atoms with Gasteiger partial charge >= 0.3 is 12.1 Å². The lowest BCUT2D eigenvalue weighted by molar-refractivity contribution is -0.158. The summed E-state index contributed by atoms with van der Waals surface area (Å²) in [7, 11) is 1.20. The highest BCUT2D eigenvalue weighted by molar-refractivity contribution is 5.89. The lowest BCUT2D eigenvalue weighted by atomic mass is 9.77. The molecule has 4 rings (SSSR count). The summed E-state index contributed by atoms with van der Waals surface area (Å²) in [6, 6.07) is -1.47. The monoisotopic (exact) mass is 662 g/mol. The molecule has 14 nitrogen and oxygen atoms in total. The van der Waals surface area contributed by atoms with Crippen LogP contribution in [0.4, 0.5) is 4.79 Å². The second-order valence-corrected chi connectivity index (χ2v) is 15.0. The van der Waals surface area contributed by atoms with Gasteiger partial charge in [0, 0.05) is 25.4 Å². The normalized spacial score (nSPS) is 25.5. The number of nitrogens with zero attached hydrogens (tertiary/aromatic N) is 4. The van der Waals surface area contributed by atoms with Crippen LogP contribution < -0.4 is 10.6 Å². The fourth-order valence-corrected chi connectivity index (χ4v) is 7.44. The Labute approximate surface area is 277 Å². The maximum absolute atomic E-state index is 14.1. The molecule has 1 aromatic heterocycles. The highest BCUT2D eigenvalue weighted by Gasteiger charge is 2.49. The summed E-state index contributed by atoms with van der Waals surface area (Å²) in [6.07, 6.45) is 7.15. The highest BCUT2D eigenvalue weighted by Crippen LogP contribution is 2.36. The van der Waals surface area contributed by atoms with Gasteiger partial charge in [-0.1, -0.05) is 37.3 Å². The third kappa shape index (κ3) is 9.01. The quantitative estimate of drug-likeness (QED) is 0.272. The summed E-state index contributed by atoms with van der Waals surface area (Å²) < 4.78 is 11.9. The zero-order valence-electron chi connectivity index (χ0n) is 28.8. The molecular weight excluding hydrogens is 608 g/mol. The molecule has 2 saturated carbocycles. The van der Waals surface area contributed by atoms with E-state index < -0.39 is 52.9 Å². The van der Waals surface area contributed by atoms with E-state index >= 15 is 0 Å². The van der Waals surface area contributed by atoms with E-state index in [2.05, 4.69) is 20.9 Å². The van der Waals surface area contributed by atoms with Gasteiger partial charge in [0.2, 0.25) is 11.8 Å². The Morgan fingerprint density at radius 2 is 1.74 bits per heavy atom. The number of aromatic nitrogens is 3. The summed E-state index contributed by atoms with van der Waals surface area (Å²) in [4.78, 5) is 54.7. The van der Waals surface area contributed by atoms with E-state index in [1.54, 1.807) is 23.4 Å². The first-order valence-electron chi connectivity index (χ1n) is 17.0. The van der Waals surface area contributed by atoms with Crippen LogP contribution in [0, 0.1) is 5.92 Å². The molecule has 3 unspecified atom stereocenters. The molecule has 1 aliphatic heterocycles. The van der Waals surface area contributed by atoms with Crippen molar-refractivity contribution in [3.63, 3.8) is 0 Å². The van der Waals surface area contributed by atoms with Gasteiger partial charge in [0.05, 0.1) is 30.6 Å². The fourth-order valence-electron chi connectivity index (χ4n) is 7.44. The van der Waals surface area contributed by atoms with Crippen LogP contribution in [0.5, 0.6) is 0 Å². The Hall–Kier alpha value is -3.26. The number of rotatable bonds is 10. The number of methoxy groups -OCH3 is 1. The van der Waals surface area contributed by atoms with Crippen LogP contribution in [0.1, 0.15) is 123 Å². The summed E-state index contributed by atoms with van der Waals surface area (Å²) in [5.41, 5.74) is -2.63. The molecule has 0 spiro atoms. The first-order valence-corrected chi connectivity index (χ1v) is 17.0. The second kappa shape index (κ2) is 14.9. The van der Waals surface area contributed by atoms with Crippen molar-refractivity contribution in [1.29, 1.82) is 0 Å². The Morgan fingerprint density at radius 3 is 2.38 bits per heavy atom. The largest absolute Gasteiger partial charge is 0.467 e. The van der Waals surface area contributed by atoms with Gasteiger partial charge in [-0.05, 0) is 72.6 Å². The molecule has 5 atom stereocenters. The minimum Gasteiger partial charge on any atom is -0.467 e. The molecular formula is C33H54N6O8. The van der Waals surface area contributed by atoms with Gasteiger partial charge < -0.3 is 35.2 Å². The third-order valence-corrected chi connectivity index (χ3v) is 9.86. The van der Waals surface area contributed by atoms with E-state index in [-0.39, 0.29) is 37.3 Å². The molecule has 3 amide bonds. The van der Waals surface area contributed by atoms with Crippen LogP contribution in [0.15, 0.2) is 6.20 Å². The van der Waals surface area contributed by atoms with Crippen LogP contribution in [0.25, 0.3) is 0 Å². The molecule has 0 bridgehead atoms. The van der Waals surface area contributed by atoms with Gasteiger partial charge in [-0.2, -0.15) is 0 Å². The zero-order chi connectivity index (χ0) is 34.6. The first-order chi connectivity index (χ1) is 22.0. The number of amides is 3. The predicted molar refractivity (Wildman–Crippen MR) is 171 cm³/mol. The van der Waals surface area contributed by atoms with Crippen LogP contribution in [0.2, 0.25) is 0 Å². The maximum Gasteiger partial charge on any atom is 0.407 e. The number of alkyl carbamates (subject to hydrolysis) is 1. The lowest BCUT2D eigenvalue weighted by Gasteiger charge is -2.41. The molecule has 2 aliphatic carbocycles. The van der Waals surface area contributed by atoms with E-state index in [4.69, 9.17) is 9.47 Å². The molecule has 1 aromatic rings. The Morgan fingerprint density at radius 1 is 1.06 bits per heavy atom. The number of aliphatic hydroxyl groups excluding tert-OH is 1. The lowest BCUT2D eigenvalue weighted by Crippen LogP contribution is -2.63. The van der Waals surface area contributed by atoms with Crippen LogP contribution in [0.3, 0.4) is 0 Å². The van der Waals surface area contributed by atoms with Crippen LogP contribution in [-0.2, 0) is 29.5 Å². The van der Waals surface area contributed by atoms with Gasteiger partial charge in [0.25, 0.3) is 0 Å². The number of carbonyl (C=O) groups is 4. The van der Waals surface area contributed by atoms with E-state index in [0.717, 1.165) is 44.9 Å². The predicted octanol–water partition coefficient (Wildman–Crippen LogP) is 2.86. The average Bonchev–Trinajstić information content (AvgIpc) is 3.67. The number of aliphatic hydroxyl groups is 2. The summed E-state index contributed by atoms with van der Waals surface area (Å²) in [5, 5.41) is 36.0. The smallest absolute Gasteiger partial charge is 0.407 e. The van der Waals surface area contributed by atoms with E-state index in [1.165, 1.54) is 13.3 Å². The Kier molecular flexibility index (Phi) is 11.6. The van der Waals surface area contributed by atoms with Crippen molar-refractivity contribution in [2.24, 2.45) is 5.92 Å². The summed E-state index contributed by atoms with van der Waals surface area (Å²) in [5.74, 6) is -1.42. The second-order valence-electron chi connectivity index (χ2n) is 15.0. The van der Waals surface area contributed by atoms with Gasteiger partial charge in [-0.25, -0.2) is 14.3 Å². The van der Waals surface area contributed by atoms with E-state index in [0.29, 0.717) is 25.0 Å². The average molecular weight is 663 g/mol. The highest BCUT2D eigenvalue weighted by atomic mass is 16.6. The van der Waals surface area contributed by atoms with Gasteiger partial charge in [0.1, 0.15) is 17.2 Å². The van der Waals surface area contributed by atoms with Crippen LogP contribution >= 0.6 is 0 Å². The van der Waals surface area contributed by atoms with E-state index in [1.807, 2.05) is 20.8 Å². The summed E-state index contributed by atoms with van der Waals surface area (Å²) >= 11 is 0. The molecule has 1 saturated heterocycles. The van der Waals surface area contributed by atoms with Crippen molar-refractivity contribution in [3.8, 4) is 0 Å².